The summed E-state index contributed by atoms with van der Waals surface area (Å²) in [6, 6.07) is -1.53. The molecule has 62 heavy (non-hydrogen) atoms. The predicted octanol–water partition coefficient (Wildman–Crippen LogP) is 13.5. The number of nitrogens with two attached hydrogens (primary N) is 1. The largest absolute Gasteiger partial charge is 0.480 e. The third-order valence-electron chi connectivity index (χ3n) is 10.2. The van der Waals surface area contributed by atoms with Crippen LogP contribution in [0.2, 0.25) is 0 Å². The fraction of sp³-hybridized carbons (Fsp3) is 0.740. The summed E-state index contributed by atoms with van der Waals surface area (Å²) in [5, 5.41) is 8.91. The van der Waals surface area contributed by atoms with Crippen molar-refractivity contribution < 1.29 is 47.5 Å². The van der Waals surface area contributed by atoms with E-state index in [0.29, 0.717) is 12.8 Å². The van der Waals surface area contributed by atoms with Gasteiger partial charge in [0.05, 0.1) is 13.2 Å². The molecular formula is C50H88NO10P. The first-order valence-corrected chi connectivity index (χ1v) is 25.8. The minimum atomic E-state index is -4.73. The number of phosphoric ester groups is 1. The minimum Gasteiger partial charge on any atom is -0.480 e. The van der Waals surface area contributed by atoms with Gasteiger partial charge >= 0.3 is 25.7 Å². The van der Waals surface area contributed by atoms with E-state index in [1.54, 1.807) is 0 Å². The standard InChI is InChI=1S/C50H88NO10P/c1-3-5-7-9-11-13-15-17-19-21-23-25-27-29-31-33-35-37-39-41-48(52)58-43-46(44-59-62(56,57)60-45-47(51)50(54)55)61-49(53)42-40-38-36-34-32-30-28-26-24-22-20-18-16-14-12-10-8-6-4-2/h11,13,17-20,23,25,29,31,46-47H,3-10,12,14-16,21-22,24,26-28,30,32-45,51H2,1-2H3,(H,54,55)(H,56,57)/b13-11+,19-17+,20-18+,25-23+,31-29+/t46-,47+/m1/s1. The zero-order valence-electron chi connectivity index (χ0n) is 38.9. The number of rotatable bonds is 45. The molecule has 0 aromatic heterocycles. The summed E-state index contributed by atoms with van der Waals surface area (Å²) < 4.78 is 32.8. The van der Waals surface area contributed by atoms with E-state index in [0.717, 1.165) is 57.8 Å². The second kappa shape index (κ2) is 44.8. The molecule has 0 saturated carbocycles. The summed E-state index contributed by atoms with van der Waals surface area (Å²) >= 11 is 0. The maximum atomic E-state index is 12.7. The van der Waals surface area contributed by atoms with E-state index < -0.39 is 51.1 Å². The molecule has 0 aromatic rings. The average Bonchev–Trinajstić information content (AvgIpc) is 3.25. The topological polar surface area (TPSA) is 172 Å². The molecule has 358 valence electrons. The number of allylic oxidation sites excluding steroid dienone is 10. The van der Waals surface area contributed by atoms with Gasteiger partial charge in [0, 0.05) is 12.8 Å². The number of carbonyl (C=O) groups excluding carboxylic acids is 2. The number of phosphoric acid groups is 1. The van der Waals surface area contributed by atoms with Gasteiger partial charge in [-0.1, -0.05) is 171 Å². The number of esters is 2. The highest BCUT2D eigenvalue weighted by Crippen LogP contribution is 2.43. The second-order valence-electron chi connectivity index (χ2n) is 16.2. The molecule has 4 N–H and O–H groups in total. The van der Waals surface area contributed by atoms with Crippen molar-refractivity contribution in [3.8, 4) is 0 Å². The van der Waals surface area contributed by atoms with Crippen molar-refractivity contribution in [2.45, 2.75) is 219 Å². The van der Waals surface area contributed by atoms with Crippen LogP contribution in [0.15, 0.2) is 60.8 Å². The lowest BCUT2D eigenvalue weighted by atomic mass is 10.1. The molecule has 0 radical (unpaired) electrons. The molecule has 0 spiro atoms. The van der Waals surface area contributed by atoms with Crippen LogP contribution >= 0.6 is 7.82 Å². The molecule has 0 heterocycles. The molecule has 0 fully saturated rings. The number of ether oxygens (including phenoxy) is 2. The van der Waals surface area contributed by atoms with Gasteiger partial charge in [-0.15, -0.1) is 0 Å². The Hall–Kier alpha value is -2.82. The zero-order chi connectivity index (χ0) is 45.6. The molecule has 1 unspecified atom stereocenters. The summed E-state index contributed by atoms with van der Waals surface area (Å²) in [4.78, 5) is 46.1. The Labute approximate surface area is 377 Å². The third kappa shape index (κ3) is 43.8. The van der Waals surface area contributed by atoms with E-state index in [9.17, 15) is 23.8 Å². The molecule has 11 nitrogen and oxygen atoms in total. The Morgan fingerprint density at radius 2 is 0.855 bits per heavy atom. The smallest absolute Gasteiger partial charge is 0.472 e. The number of carbonyl (C=O) groups is 3. The Bertz CT molecular complexity index is 1280. The van der Waals surface area contributed by atoms with Crippen molar-refractivity contribution in [3.63, 3.8) is 0 Å². The molecule has 0 aromatic carbocycles. The molecule has 0 amide bonds. The van der Waals surface area contributed by atoms with Crippen LogP contribution in [0.4, 0.5) is 0 Å². The van der Waals surface area contributed by atoms with Crippen molar-refractivity contribution in [3.05, 3.63) is 60.8 Å². The summed E-state index contributed by atoms with van der Waals surface area (Å²) in [5.41, 5.74) is 5.34. The van der Waals surface area contributed by atoms with Crippen LogP contribution in [0.5, 0.6) is 0 Å². The fourth-order valence-corrected chi connectivity index (χ4v) is 7.17. The molecule has 0 saturated heterocycles. The first kappa shape index (κ1) is 59.2. The van der Waals surface area contributed by atoms with E-state index in [1.165, 1.54) is 109 Å². The van der Waals surface area contributed by atoms with Crippen molar-refractivity contribution >= 4 is 25.7 Å². The lowest BCUT2D eigenvalue weighted by molar-refractivity contribution is -0.161. The van der Waals surface area contributed by atoms with Crippen LogP contribution in [-0.4, -0.2) is 59.9 Å². The van der Waals surface area contributed by atoms with Crippen molar-refractivity contribution in [2.75, 3.05) is 19.8 Å². The van der Waals surface area contributed by atoms with Gasteiger partial charge in [0.1, 0.15) is 12.6 Å². The number of unbranched alkanes of at least 4 members (excludes halogenated alkanes) is 21. The number of aliphatic carboxylic acids is 1. The zero-order valence-corrected chi connectivity index (χ0v) is 39.8. The average molecular weight is 894 g/mol. The number of carboxylic acids is 1. The Balaban J connectivity index is 4.36. The highest BCUT2D eigenvalue weighted by atomic mass is 31.2. The maximum absolute atomic E-state index is 12.7. The Kier molecular flexibility index (Phi) is 42.7. The van der Waals surface area contributed by atoms with Gasteiger partial charge in [-0.2, -0.15) is 0 Å². The highest BCUT2D eigenvalue weighted by molar-refractivity contribution is 7.47. The van der Waals surface area contributed by atoms with Gasteiger partial charge in [-0.25, -0.2) is 4.57 Å². The van der Waals surface area contributed by atoms with Gasteiger partial charge in [0.2, 0.25) is 0 Å². The van der Waals surface area contributed by atoms with Gasteiger partial charge in [0.25, 0.3) is 0 Å². The van der Waals surface area contributed by atoms with E-state index >= 15 is 0 Å². The SMILES string of the molecule is CCCCC/C=C/C/C=C/C/C=C/C/C=C/CCCCCC(=O)OC[C@H](COP(=O)(O)OC[C@H](N)C(=O)O)OC(=O)CCCCCCCCCCC/C=C/CCCCCCCC. The van der Waals surface area contributed by atoms with E-state index in [2.05, 4.69) is 79.1 Å². The van der Waals surface area contributed by atoms with Crippen LogP contribution in [0, 0.1) is 0 Å². The van der Waals surface area contributed by atoms with Gasteiger partial charge in [-0.3, -0.25) is 23.4 Å². The molecule has 0 bridgehead atoms. The first-order chi connectivity index (χ1) is 30.1. The van der Waals surface area contributed by atoms with Crippen molar-refractivity contribution in [1.29, 1.82) is 0 Å². The van der Waals surface area contributed by atoms with Crippen LogP contribution in [0.3, 0.4) is 0 Å². The molecule has 3 atom stereocenters. The number of hydrogen-bond donors (Lipinski definition) is 3. The van der Waals surface area contributed by atoms with Gasteiger partial charge < -0.3 is 25.2 Å². The third-order valence-corrected chi connectivity index (χ3v) is 11.2. The molecular weight excluding hydrogens is 806 g/mol. The monoisotopic (exact) mass is 894 g/mol. The van der Waals surface area contributed by atoms with Crippen molar-refractivity contribution in [2.24, 2.45) is 5.73 Å². The summed E-state index contributed by atoms with van der Waals surface area (Å²) in [7, 11) is -4.73. The normalized spacial score (nSPS) is 14.1. The highest BCUT2D eigenvalue weighted by Gasteiger charge is 2.28. The molecule has 12 heteroatoms. The second-order valence-corrected chi connectivity index (χ2v) is 17.7. The lowest BCUT2D eigenvalue weighted by Crippen LogP contribution is -2.34. The van der Waals surface area contributed by atoms with Crippen LogP contribution in [0.25, 0.3) is 0 Å². The van der Waals surface area contributed by atoms with E-state index in [4.69, 9.17) is 24.8 Å². The quantitative estimate of drug-likeness (QED) is 0.0230. The predicted molar refractivity (Wildman–Crippen MR) is 254 cm³/mol. The van der Waals surface area contributed by atoms with E-state index in [1.807, 2.05) is 0 Å². The summed E-state index contributed by atoms with van der Waals surface area (Å²) in [5.74, 6) is -2.42. The Morgan fingerprint density at radius 1 is 0.500 bits per heavy atom. The summed E-state index contributed by atoms with van der Waals surface area (Å²) in [6.45, 7) is 2.75. The van der Waals surface area contributed by atoms with Crippen LogP contribution in [0.1, 0.15) is 206 Å². The van der Waals surface area contributed by atoms with Gasteiger partial charge in [-0.05, 0) is 83.5 Å². The minimum absolute atomic E-state index is 0.150. The molecule has 0 aliphatic carbocycles. The molecule has 0 rings (SSSR count). The fourth-order valence-electron chi connectivity index (χ4n) is 6.40. The number of hydrogen-bond acceptors (Lipinski definition) is 9. The van der Waals surface area contributed by atoms with E-state index in [-0.39, 0.29) is 19.4 Å². The van der Waals surface area contributed by atoms with Crippen LogP contribution in [-0.2, 0) is 37.5 Å². The number of carboxylic acid groups (broad SMARTS) is 1. The molecule has 0 aliphatic rings. The van der Waals surface area contributed by atoms with Crippen molar-refractivity contribution in [1.82, 2.24) is 0 Å². The van der Waals surface area contributed by atoms with Gasteiger partial charge in [0.15, 0.2) is 6.10 Å². The Morgan fingerprint density at radius 3 is 1.34 bits per heavy atom. The lowest BCUT2D eigenvalue weighted by Gasteiger charge is -2.20. The maximum Gasteiger partial charge on any atom is 0.472 e. The first-order valence-electron chi connectivity index (χ1n) is 24.3. The van der Waals surface area contributed by atoms with Crippen LogP contribution < -0.4 is 5.73 Å². The molecule has 0 aliphatic heterocycles. The summed E-state index contributed by atoms with van der Waals surface area (Å²) in [6.07, 6.45) is 52.8.